The Morgan fingerprint density at radius 3 is 2.94 bits per heavy atom. The molecule has 0 amide bonds. The van der Waals surface area contributed by atoms with Gasteiger partial charge in [0.1, 0.15) is 5.76 Å². The van der Waals surface area contributed by atoms with Crippen LogP contribution in [0.3, 0.4) is 0 Å². The molecule has 2 rings (SSSR count). The minimum Gasteiger partial charge on any atom is -0.468 e. The summed E-state index contributed by atoms with van der Waals surface area (Å²) in [6.45, 7) is 3.17. The Bertz CT molecular complexity index is 380. The maximum atomic E-state index is 5.41. The molecule has 0 saturated carbocycles. The standard InChI is InChI=1S/C13H17NOS/c1-2-12(13-6-3-9-15-13)14-8-7-11-5-4-10-16-11/h3-6,9-10,12,14H,2,7-8H2,1H3. The first-order valence-corrected chi connectivity index (χ1v) is 6.57. The van der Waals surface area contributed by atoms with Gasteiger partial charge in [0.05, 0.1) is 12.3 Å². The van der Waals surface area contributed by atoms with Gasteiger partial charge in [0.2, 0.25) is 0 Å². The molecule has 0 radical (unpaired) electrons. The molecule has 0 aliphatic carbocycles. The summed E-state index contributed by atoms with van der Waals surface area (Å²) in [7, 11) is 0. The molecule has 0 fully saturated rings. The number of rotatable bonds is 6. The van der Waals surface area contributed by atoms with Gasteiger partial charge < -0.3 is 9.73 Å². The van der Waals surface area contributed by atoms with E-state index in [0.717, 1.165) is 25.1 Å². The largest absolute Gasteiger partial charge is 0.468 e. The van der Waals surface area contributed by atoms with Crippen molar-refractivity contribution in [1.29, 1.82) is 0 Å². The van der Waals surface area contributed by atoms with Gasteiger partial charge in [-0.1, -0.05) is 13.0 Å². The summed E-state index contributed by atoms with van der Waals surface area (Å²) >= 11 is 1.82. The lowest BCUT2D eigenvalue weighted by atomic mass is 10.1. The van der Waals surface area contributed by atoms with Crippen molar-refractivity contribution in [2.75, 3.05) is 6.54 Å². The highest BCUT2D eigenvalue weighted by Gasteiger charge is 2.10. The average Bonchev–Trinajstić information content (AvgIpc) is 2.96. The smallest absolute Gasteiger partial charge is 0.120 e. The predicted molar refractivity (Wildman–Crippen MR) is 67.8 cm³/mol. The van der Waals surface area contributed by atoms with E-state index in [4.69, 9.17) is 4.42 Å². The quantitative estimate of drug-likeness (QED) is 0.827. The van der Waals surface area contributed by atoms with Crippen molar-refractivity contribution in [1.82, 2.24) is 5.32 Å². The monoisotopic (exact) mass is 235 g/mol. The van der Waals surface area contributed by atoms with Gasteiger partial charge in [-0.15, -0.1) is 11.3 Å². The first-order chi connectivity index (χ1) is 7.90. The number of hydrogen-bond donors (Lipinski definition) is 1. The van der Waals surface area contributed by atoms with Gasteiger partial charge in [-0.2, -0.15) is 0 Å². The SMILES string of the molecule is CCC(NCCc1cccs1)c1ccco1. The maximum Gasteiger partial charge on any atom is 0.120 e. The molecular formula is C13H17NOS. The molecule has 0 aliphatic heterocycles. The van der Waals surface area contributed by atoms with Gasteiger partial charge in [0.25, 0.3) is 0 Å². The molecule has 2 aromatic heterocycles. The maximum absolute atomic E-state index is 5.41. The van der Waals surface area contributed by atoms with E-state index in [9.17, 15) is 0 Å². The van der Waals surface area contributed by atoms with E-state index < -0.39 is 0 Å². The molecule has 1 atom stereocenters. The third-order valence-electron chi connectivity index (χ3n) is 2.64. The lowest BCUT2D eigenvalue weighted by Crippen LogP contribution is -2.22. The van der Waals surface area contributed by atoms with Crippen LogP contribution in [0, 0.1) is 0 Å². The Hall–Kier alpha value is -1.06. The summed E-state index contributed by atoms with van der Waals surface area (Å²) in [6, 6.07) is 8.60. The molecule has 0 aliphatic rings. The number of thiophene rings is 1. The van der Waals surface area contributed by atoms with Crippen LogP contribution in [0.5, 0.6) is 0 Å². The summed E-state index contributed by atoms with van der Waals surface area (Å²) in [6.07, 6.45) is 3.88. The average molecular weight is 235 g/mol. The lowest BCUT2D eigenvalue weighted by molar-refractivity contribution is 0.406. The molecule has 1 unspecified atom stereocenters. The van der Waals surface area contributed by atoms with E-state index >= 15 is 0 Å². The summed E-state index contributed by atoms with van der Waals surface area (Å²) in [5.74, 6) is 1.04. The van der Waals surface area contributed by atoms with E-state index in [0.29, 0.717) is 6.04 Å². The van der Waals surface area contributed by atoms with Crippen molar-refractivity contribution in [2.24, 2.45) is 0 Å². The molecule has 0 aromatic carbocycles. The van der Waals surface area contributed by atoms with Crippen LogP contribution in [0.15, 0.2) is 40.3 Å². The number of hydrogen-bond acceptors (Lipinski definition) is 3. The third-order valence-corrected chi connectivity index (χ3v) is 3.57. The van der Waals surface area contributed by atoms with Crippen LogP contribution in [-0.2, 0) is 6.42 Å². The molecule has 86 valence electrons. The van der Waals surface area contributed by atoms with Crippen LogP contribution in [0.25, 0.3) is 0 Å². The highest BCUT2D eigenvalue weighted by molar-refractivity contribution is 7.09. The van der Waals surface area contributed by atoms with Crippen molar-refractivity contribution < 1.29 is 4.42 Å². The second kappa shape index (κ2) is 5.87. The van der Waals surface area contributed by atoms with Crippen LogP contribution >= 0.6 is 11.3 Å². The zero-order chi connectivity index (χ0) is 11.2. The fourth-order valence-electron chi connectivity index (χ4n) is 1.76. The predicted octanol–water partition coefficient (Wildman–Crippen LogP) is 3.62. The van der Waals surface area contributed by atoms with Gasteiger partial charge in [-0.3, -0.25) is 0 Å². The van der Waals surface area contributed by atoms with E-state index in [-0.39, 0.29) is 0 Å². The van der Waals surface area contributed by atoms with Crippen molar-refractivity contribution in [3.63, 3.8) is 0 Å². The minimum atomic E-state index is 0.343. The van der Waals surface area contributed by atoms with Gasteiger partial charge >= 0.3 is 0 Å². The molecule has 0 saturated heterocycles. The van der Waals surface area contributed by atoms with Crippen molar-refractivity contribution >= 4 is 11.3 Å². The highest BCUT2D eigenvalue weighted by Crippen LogP contribution is 2.17. The van der Waals surface area contributed by atoms with E-state index in [1.165, 1.54) is 4.88 Å². The second-order valence-electron chi connectivity index (χ2n) is 3.76. The Labute approximate surface area is 100 Å². The number of furan rings is 1. The molecule has 0 spiro atoms. The molecular weight excluding hydrogens is 218 g/mol. The summed E-state index contributed by atoms with van der Waals surface area (Å²) in [5, 5.41) is 5.65. The van der Waals surface area contributed by atoms with E-state index in [1.54, 1.807) is 6.26 Å². The van der Waals surface area contributed by atoms with Gasteiger partial charge in [-0.05, 0) is 36.4 Å². The van der Waals surface area contributed by atoms with E-state index in [2.05, 4.69) is 29.8 Å². The zero-order valence-electron chi connectivity index (χ0n) is 9.48. The number of nitrogens with one attached hydrogen (secondary N) is 1. The molecule has 0 bridgehead atoms. The topological polar surface area (TPSA) is 25.2 Å². The van der Waals surface area contributed by atoms with Gasteiger partial charge in [-0.25, -0.2) is 0 Å². The summed E-state index contributed by atoms with van der Waals surface area (Å²) in [5.41, 5.74) is 0. The molecule has 2 nitrogen and oxygen atoms in total. The van der Waals surface area contributed by atoms with Crippen LogP contribution in [0.4, 0.5) is 0 Å². The molecule has 3 heteroatoms. The lowest BCUT2D eigenvalue weighted by Gasteiger charge is -2.13. The van der Waals surface area contributed by atoms with Crippen molar-refractivity contribution in [3.05, 3.63) is 46.5 Å². The Kier molecular flexibility index (Phi) is 4.19. The third kappa shape index (κ3) is 2.97. The van der Waals surface area contributed by atoms with Crippen molar-refractivity contribution in [2.45, 2.75) is 25.8 Å². The van der Waals surface area contributed by atoms with Crippen LogP contribution in [0.1, 0.15) is 30.0 Å². The Morgan fingerprint density at radius 1 is 1.38 bits per heavy atom. The molecule has 2 aromatic rings. The normalized spacial score (nSPS) is 12.8. The van der Waals surface area contributed by atoms with E-state index in [1.807, 2.05) is 23.5 Å². The second-order valence-corrected chi connectivity index (χ2v) is 4.79. The van der Waals surface area contributed by atoms with Gasteiger partial charge in [0, 0.05) is 11.4 Å². The van der Waals surface area contributed by atoms with Crippen LogP contribution in [-0.4, -0.2) is 6.54 Å². The summed E-state index contributed by atoms with van der Waals surface area (Å²) in [4.78, 5) is 1.43. The molecule has 1 N–H and O–H groups in total. The first-order valence-electron chi connectivity index (χ1n) is 5.69. The fourth-order valence-corrected chi connectivity index (χ4v) is 2.47. The zero-order valence-corrected chi connectivity index (χ0v) is 10.3. The van der Waals surface area contributed by atoms with Crippen LogP contribution in [0.2, 0.25) is 0 Å². The van der Waals surface area contributed by atoms with Crippen molar-refractivity contribution in [3.8, 4) is 0 Å². The first kappa shape index (κ1) is 11.4. The molecule has 2 heterocycles. The highest BCUT2D eigenvalue weighted by atomic mass is 32.1. The van der Waals surface area contributed by atoms with Gasteiger partial charge in [0.15, 0.2) is 0 Å². The summed E-state index contributed by atoms with van der Waals surface area (Å²) < 4.78 is 5.41. The van der Waals surface area contributed by atoms with Crippen LogP contribution < -0.4 is 5.32 Å². The fraction of sp³-hybridized carbons (Fsp3) is 0.385. The Morgan fingerprint density at radius 2 is 2.31 bits per heavy atom. The molecule has 16 heavy (non-hydrogen) atoms. The Balaban J connectivity index is 1.80. The minimum absolute atomic E-state index is 0.343.